The van der Waals surface area contributed by atoms with Crippen LogP contribution >= 0.6 is 0 Å². The van der Waals surface area contributed by atoms with Crippen LogP contribution in [-0.2, 0) is 19.5 Å². The number of nitrogens with zero attached hydrogens (tertiary/aromatic N) is 1. The van der Waals surface area contributed by atoms with E-state index in [1.165, 1.54) is 39.5 Å². The molecule has 118 valence electrons. The van der Waals surface area contributed by atoms with Crippen molar-refractivity contribution in [1.29, 1.82) is 0 Å². The van der Waals surface area contributed by atoms with E-state index in [0.717, 1.165) is 4.31 Å². The molecule has 21 heavy (non-hydrogen) atoms. The number of hydrogen-bond acceptors (Lipinski definition) is 6. The summed E-state index contributed by atoms with van der Waals surface area (Å²) in [6.45, 7) is 1.93. The lowest BCUT2D eigenvalue weighted by molar-refractivity contribution is 0.0596. The van der Waals surface area contributed by atoms with Crippen LogP contribution in [0.1, 0.15) is 17.3 Å². The zero-order valence-corrected chi connectivity index (χ0v) is 13.3. The Morgan fingerprint density at radius 1 is 1.38 bits per heavy atom. The summed E-state index contributed by atoms with van der Waals surface area (Å²) in [7, 11) is 0.194. The molecule has 0 aromatic heterocycles. The number of hydrogen-bond donors (Lipinski definition) is 1. The normalized spacial score (nSPS) is 13.2. The first kappa shape index (κ1) is 17.4. The molecule has 8 heteroatoms. The van der Waals surface area contributed by atoms with Gasteiger partial charge in [0, 0.05) is 25.9 Å². The maximum Gasteiger partial charge on any atom is 0.339 e. The van der Waals surface area contributed by atoms with Gasteiger partial charge in [-0.25, -0.2) is 13.2 Å². The summed E-state index contributed by atoms with van der Waals surface area (Å²) in [5.74, 6) is -0.735. The van der Waals surface area contributed by atoms with Crippen LogP contribution in [0.4, 0.5) is 5.69 Å². The lowest BCUT2D eigenvalue weighted by Gasteiger charge is -2.24. The Morgan fingerprint density at radius 2 is 2.00 bits per heavy atom. The predicted molar refractivity (Wildman–Crippen MR) is 78.5 cm³/mol. The molecular weight excluding hydrogens is 296 g/mol. The Kier molecular flexibility index (Phi) is 5.70. The van der Waals surface area contributed by atoms with Gasteiger partial charge in [0.1, 0.15) is 0 Å². The Labute approximate surface area is 124 Å². The number of rotatable bonds is 6. The first-order valence-electron chi connectivity index (χ1n) is 6.20. The first-order valence-corrected chi connectivity index (χ1v) is 7.64. The molecule has 0 saturated carbocycles. The van der Waals surface area contributed by atoms with Crippen LogP contribution in [-0.4, -0.2) is 52.6 Å². The van der Waals surface area contributed by atoms with E-state index in [0.29, 0.717) is 0 Å². The van der Waals surface area contributed by atoms with Gasteiger partial charge in [-0.2, -0.15) is 4.31 Å². The molecular formula is C13H20N2O5S. The van der Waals surface area contributed by atoms with Crippen molar-refractivity contribution >= 4 is 21.7 Å². The van der Waals surface area contributed by atoms with Crippen LogP contribution < -0.4 is 5.73 Å². The summed E-state index contributed by atoms with van der Waals surface area (Å²) in [5.41, 5.74) is 5.83. The van der Waals surface area contributed by atoms with E-state index >= 15 is 0 Å². The van der Waals surface area contributed by atoms with E-state index in [1.54, 1.807) is 6.92 Å². The van der Waals surface area contributed by atoms with Crippen molar-refractivity contribution in [1.82, 2.24) is 4.31 Å². The van der Waals surface area contributed by atoms with E-state index in [-0.39, 0.29) is 22.8 Å². The molecule has 1 rings (SSSR count). The molecule has 0 amide bonds. The number of ether oxygens (including phenoxy) is 2. The summed E-state index contributed by atoms with van der Waals surface area (Å²) in [6.07, 6.45) is 0. The third-order valence-electron chi connectivity index (χ3n) is 3.10. The van der Waals surface area contributed by atoms with Crippen LogP contribution in [0.3, 0.4) is 0 Å². The lowest BCUT2D eigenvalue weighted by Crippen LogP contribution is -2.38. The number of nitrogens with two attached hydrogens (primary N) is 1. The van der Waals surface area contributed by atoms with Crippen molar-refractivity contribution in [2.75, 3.05) is 33.6 Å². The van der Waals surface area contributed by atoms with Gasteiger partial charge in [-0.1, -0.05) is 0 Å². The third-order valence-corrected chi connectivity index (χ3v) is 5.11. The fourth-order valence-corrected chi connectivity index (χ4v) is 3.33. The van der Waals surface area contributed by atoms with Gasteiger partial charge in [0.15, 0.2) is 0 Å². The molecule has 7 nitrogen and oxygen atoms in total. The minimum atomic E-state index is -3.90. The van der Waals surface area contributed by atoms with Crippen molar-refractivity contribution in [3.05, 3.63) is 23.8 Å². The highest BCUT2D eigenvalue weighted by Gasteiger charge is 2.30. The topological polar surface area (TPSA) is 98.9 Å². The first-order chi connectivity index (χ1) is 9.75. The summed E-state index contributed by atoms with van der Waals surface area (Å²) >= 11 is 0. The Balaban J connectivity index is 3.36. The maximum atomic E-state index is 12.6. The van der Waals surface area contributed by atoms with E-state index in [2.05, 4.69) is 4.74 Å². The second-order valence-electron chi connectivity index (χ2n) is 4.57. The fourth-order valence-electron chi connectivity index (χ4n) is 1.77. The quantitative estimate of drug-likeness (QED) is 0.613. The second kappa shape index (κ2) is 6.88. The maximum absolute atomic E-state index is 12.6. The van der Waals surface area contributed by atoms with Gasteiger partial charge in [0.25, 0.3) is 0 Å². The van der Waals surface area contributed by atoms with Crippen LogP contribution in [0, 0.1) is 0 Å². The van der Waals surface area contributed by atoms with Gasteiger partial charge in [0.05, 0.1) is 24.2 Å². The minimum Gasteiger partial charge on any atom is -0.465 e. The van der Waals surface area contributed by atoms with E-state index in [1.807, 2.05) is 0 Å². The average Bonchev–Trinajstić information content (AvgIpc) is 2.45. The third kappa shape index (κ3) is 3.72. The number of methoxy groups -OCH3 is 2. The fraction of sp³-hybridized carbons (Fsp3) is 0.462. The number of carbonyl (C=O) groups excluding carboxylic acids is 1. The number of anilines is 1. The van der Waals surface area contributed by atoms with Crippen molar-refractivity contribution in [2.45, 2.75) is 17.9 Å². The number of esters is 1. The van der Waals surface area contributed by atoms with Crippen molar-refractivity contribution in [3.63, 3.8) is 0 Å². The Bertz CT molecular complexity index is 615. The number of carbonyl (C=O) groups is 1. The highest BCUT2D eigenvalue weighted by molar-refractivity contribution is 7.89. The molecule has 0 aliphatic carbocycles. The van der Waals surface area contributed by atoms with Gasteiger partial charge >= 0.3 is 5.97 Å². The monoisotopic (exact) mass is 316 g/mol. The van der Waals surface area contributed by atoms with Gasteiger partial charge in [-0.3, -0.25) is 0 Å². The molecule has 1 unspecified atom stereocenters. The largest absolute Gasteiger partial charge is 0.465 e. The molecule has 1 atom stereocenters. The molecule has 0 heterocycles. The standard InChI is InChI=1S/C13H20N2O5S/c1-9(8-19-3)15(2)21(17,18)12-7-10(14)5-6-11(12)13(16)20-4/h5-7,9H,8,14H2,1-4H3. The van der Waals surface area contributed by atoms with Crippen molar-refractivity contribution < 1.29 is 22.7 Å². The Hall–Kier alpha value is -1.64. The SMILES string of the molecule is COCC(C)N(C)S(=O)(=O)c1cc(N)ccc1C(=O)OC. The van der Waals surface area contributed by atoms with Crippen LogP contribution in [0.5, 0.6) is 0 Å². The summed E-state index contributed by atoms with van der Waals surface area (Å²) in [5, 5.41) is 0. The number of benzene rings is 1. The van der Waals surface area contributed by atoms with Crippen molar-refractivity contribution in [2.24, 2.45) is 0 Å². The zero-order valence-electron chi connectivity index (χ0n) is 12.5. The molecule has 0 spiro atoms. The lowest BCUT2D eigenvalue weighted by atomic mass is 10.2. The number of sulfonamides is 1. The van der Waals surface area contributed by atoms with Gasteiger partial charge in [-0.05, 0) is 25.1 Å². The average molecular weight is 316 g/mol. The smallest absolute Gasteiger partial charge is 0.339 e. The van der Waals surface area contributed by atoms with Crippen LogP contribution in [0.2, 0.25) is 0 Å². The van der Waals surface area contributed by atoms with Gasteiger partial charge < -0.3 is 15.2 Å². The molecule has 0 bridgehead atoms. The Morgan fingerprint density at radius 3 is 2.52 bits per heavy atom. The molecule has 1 aromatic carbocycles. The van der Waals surface area contributed by atoms with E-state index in [4.69, 9.17) is 10.5 Å². The predicted octanol–water partition coefficient (Wildman–Crippen LogP) is 0.711. The van der Waals surface area contributed by atoms with Gasteiger partial charge in [-0.15, -0.1) is 0 Å². The molecule has 1 aromatic rings. The molecule has 0 aliphatic heterocycles. The molecule has 0 fully saturated rings. The van der Waals surface area contributed by atoms with Crippen LogP contribution in [0.15, 0.2) is 23.1 Å². The number of likely N-dealkylation sites (N-methyl/N-ethyl adjacent to an activating group) is 1. The van der Waals surface area contributed by atoms with Crippen molar-refractivity contribution in [3.8, 4) is 0 Å². The molecule has 0 radical (unpaired) electrons. The van der Waals surface area contributed by atoms with E-state index < -0.39 is 22.0 Å². The summed E-state index contributed by atoms with van der Waals surface area (Å²) in [6, 6.07) is 3.64. The highest BCUT2D eigenvalue weighted by atomic mass is 32.2. The molecule has 2 N–H and O–H groups in total. The highest BCUT2D eigenvalue weighted by Crippen LogP contribution is 2.24. The molecule has 0 saturated heterocycles. The number of nitrogen functional groups attached to an aromatic ring is 1. The molecule has 0 aliphatic rings. The summed E-state index contributed by atoms with van der Waals surface area (Å²) < 4.78 is 36.0. The van der Waals surface area contributed by atoms with Crippen LogP contribution in [0.25, 0.3) is 0 Å². The second-order valence-corrected chi connectivity index (χ2v) is 6.54. The zero-order chi connectivity index (χ0) is 16.2. The van der Waals surface area contributed by atoms with E-state index in [9.17, 15) is 13.2 Å². The minimum absolute atomic E-state index is 0.0526. The van der Waals surface area contributed by atoms with Gasteiger partial charge in [0.2, 0.25) is 10.0 Å². The summed E-state index contributed by atoms with van der Waals surface area (Å²) in [4.78, 5) is 11.6.